The number of aromatic nitrogens is 1. The van der Waals surface area contributed by atoms with Crippen molar-refractivity contribution in [3.63, 3.8) is 0 Å². The number of nitrogens with zero attached hydrogens (tertiary/aromatic N) is 1. The molecule has 3 nitrogen and oxygen atoms in total. The van der Waals surface area contributed by atoms with E-state index in [9.17, 15) is 4.79 Å². The van der Waals surface area contributed by atoms with Crippen LogP contribution in [0.3, 0.4) is 0 Å². The molecule has 0 spiro atoms. The zero-order valence-corrected chi connectivity index (χ0v) is 11.4. The maximum absolute atomic E-state index is 12.1. The van der Waals surface area contributed by atoms with Crippen molar-refractivity contribution < 1.29 is 4.79 Å². The molecular weight excluding hydrogens is 280 g/mol. The van der Waals surface area contributed by atoms with Crippen LogP contribution in [0, 0.1) is 5.92 Å². The standard InChI is InChI=1S/C13H17BrN2O/c14-11-8-5-9-12(15-11)16-13(17)10-6-3-1-2-4-7-10/h5,8-10H,1-4,6-7H2,(H,15,16,17). The van der Waals surface area contributed by atoms with Crippen molar-refractivity contribution >= 4 is 27.7 Å². The second kappa shape index (κ2) is 6.15. The topological polar surface area (TPSA) is 42.0 Å². The first-order valence-corrected chi connectivity index (χ1v) is 6.98. The van der Waals surface area contributed by atoms with Gasteiger partial charge in [-0.15, -0.1) is 0 Å². The molecule has 92 valence electrons. The third kappa shape index (κ3) is 3.80. The van der Waals surface area contributed by atoms with E-state index >= 15 is 0 Å². The molecule has 1 fully saturated rings. The summed E-state index contributed by atoms with van der Waals surface area (Å²) in [5.41, 5.74) is 0. The number of carbonyl (C=O) groups is 1. The summed E-state index contributed by atoms with van der Waals surface area (Å²) < 4.78 is 0.746. The van der Waals surface area contributed by atoms with Crippen molar-refractivity contribution in [3.8, 4) is 0 Å². The number of pyridine rings is 1. The Morgan fingerprint density at radius 3 is 2.59 bits per heavy atom. The molecule has 2 rings (SSSR count). The van der Waals surface area contributed by atoms with Gasteiger partial charge in [0.15, 0.2) is 0 Å². The van der Waals surface area contributed by atoms with Crippen molar-refractivity contribution in [2.24, 2.45) is 5.92 Å². The van der Waals surface area contributed by atoms with Gasteiger partial charge in [0.05, 0.1) is 0 Å². The van der Waals surface area contributed by atoms with E-state index in [0.29, 0.717) is 5.82 Å². The Hall–Kier alpha value is -0.900. The second-order valence-corrected chi connectivity index (χ2v) is 5.34. The first-order chi connectivity index (χ1) is 8.25. The van der Waals surface area contributed by atoms with E-state index < -0.39 is 0 Å². The highest BCUT2D eigenvalue weighted by Gasteiger charge is 2.20. The summed E-state index contributed by atoms with van der Waals surface area (Å²) in [5, 5.41) is 2.90. The van der Waals surface area contributed by atoms with Crippen molar-refractivity contribution in [2.75, 3.05) is 5.32 Å². The van der Waals surface area contributed by atoms with Crippen LogP contribution in [0.25, 0.3) is 0 Å². The first kappa shape index (κ1) is 12.6. The molecule has 0 atom stereocenters. The van der Waals surface area contributed by atoms with Crippen molar-refractivity contribution in [1.29, 1.82) is 0 Å². The Labute approximate surface area is 110 Å². The minimum absolute atomic E-state index is 0.123. The molecule has 0 aromatic carbocycles. The van der Waals surface area contributed by atoms with Crippen molar-refractivity contribution in [3.05, 3.63) is 22.8 Å². The van der Waals surface area contributed by atoms with Gasteiger partial charge in [0.2, 0.25) is 5.91 Å². The van der Waals surface area contributed by atoms with Gasteiger partial charge >= 0.3 is 0 Å². The van der Waals surface area contributed by atoms with E-state index in [4.69, 9.17) is 0 Å². The highest BCUT2D eigenvalue weighted by Crippen LogP contribution is 2.24. The third-order valence-corrected chi connectivity index (χ3v) is 3.63. The molecule has 0 aliphatic heterocycles. The molecule has 1 aliphatic rings. The minimum Gasteiger partial charge on any atom is -0.310 e. The van der Waals surface area contributed by atoms with Gasteiger partial charge in [0.25, 0.3) is 0 Å². The molecule has 1 aliphatic carbocycles. The van der Waals surface area contributed by atoms with E-state index in [0.717, 1.165) is 17.4 Å². The lowest BCUT2D eigenvalue weighted by Crippen LogP contribution is -2.22. The maximum Gasteiger partial charge on any atom is 0.228 e. The molecule has 0 radical (unpaired) electrons. The largest absolute Gasteiger partial charge is 0.310 e. The average molecular weight is 297 g/mol. The molecule has 1 saturated carbocycles. The lowest BCUT2D eigenvalue weighted by Gasteiger charge is -2.13. The average Bonchev–Trinajstić information content (AvgIpc) is 2.57. The molecule has 1 aromatic rings. The van der Waals surface area contributed by atoms with E-state index in [-0.39, 0.29) is 11.8 Å². The van der Waals surface area contributed by atoms with E-state index in [2.05, 4.69) is 26.2 Å². The molecule has 1 aromatic heterocycles. The maximum atomic E-state index is 12.1. The zero-order chi connectivity index (χ0) is 12.1. The van der Waals surface area contributed by atoms with Gasteiger partial charge in [-0.1, -0.05) is 31.7 Å². The summed E-state index contributed by atoms with van der Waals surface area (Å²) in [5.74, 6) is 0.921. The van der Waals surface area contributed by atoms with Crippen molar-refractivity contribution in [2.45, 2.75) is 38.5 Å². The Balaban J connectivity index is 1.95. The molecule has 17 heavy (non-hydrogen) atoms. The predicted molar refractivity (Wildman–Crippen MR) is 71.8 cm³/mol. The number of hydrogen-bond acceptors (Lipinski definition) is 2. The summed E-state index contributed by atoms with van der Waals surface area (Å²) in [6.07, 6.45) is 6.89. The number of carbonyl (C=O) groups excluding carboxylic acids is 1. The SMILES string of the molecule is O=C(Nc1cccc(Br)n1)C1CCCCCC1. The van der Waals surface area contributed by atoms with Gasteiger partial charge in [-0.2, -0.15) is 0 Å². The second-order valence-electron chi connectivity index (χ2n) is 4.52. The fraction of sp³-hybridized carbons (Fsp3) is 0.538. The fourth-order valence-corrected chi connectivity index (χ4v) is 2.59. The van der Waals surface area contributed by atoms with Crippen molar-refractivity contribution in [1.82, 2.24) is 4.98 Å². The Morgan fingerprint density at radius 1 is 1.24 bits per heavy atom. The molecule has 1 heterocycles. The summed E-state index contributed by atoms with van der Waals surface area (Å²) in [6.45, 7) is 0. The number of nitrogens with one attached hydrogen (secondary N) is 1. The van der Waals surface area contributed by atoms with E-state index in [1.165, 1.54) is 25.7 Å². The molecule has 4 heteroatoms. The number of halogens is 1. The summed E-state index contributed by atoms with van der Waals surface area (Å²) >= 11 is 3.30. The predicted octanol–water partition coefficient (Wildman–Crippen LogP) is 3.75. The molecule has 0 unspecified atom stereocenters. The van der Waals surface area contributed by atoms with Crippen LogP contribution in [0.1, 0.15) is 38.5 Å². The van der Waals surface area contributed by atoms with Gasteiger partial charge in [-0.25, -0.2) is 4.98 Å². The highest BCUT2D eigenvalue weighted by molar-refractivity contribution is 9.10. The van der Waals surface area contributed by atoms with E-state index in [1.54, 1.807) is 0 Å². The third-order valence-electron chi connectivity index (χ3n) is 3.19. The molecule has 1 N–H and O–H groups in total. The van der Waals surface area contributed by atoms with Gasteiger partial charge in [0, 0.05) is 5.92 Å². The van der Waals surface area contributed by atoms with Crippen LogP contribution in [0.5, 0.6) is 0 Å². The number of rotatable bonds is 2. The Morgan fingerprint density at radius 2 is 1.94 bits per heavy atom. The molecule has 1 amide bonds. The van der Waals surface area contributed by atoms with Crippen LogP contribution in [-0.2, 0) is 4.79 Å². The quantitative estimate of drug-likeness (QED) is 0.667. The van der Waals surface area contributed by atoms with Crippen LogP contribution < -0.4 is 5.32 Å². The highest BCUT2D eigenvalue weighted by atomic mass is 79.9. The van der Waals surface area contributed by atoms with Crippen LogP contribution in [-0.4, -0.2) is 10.9 Å². The van der Waals surface area contributed by atoms with Crippen LogP contribution in [0.4, 0.5) is 5.82 Å². The monoisotopic (exact) mass is 296 g/mol. The fourth-order valence-electron chi connectivity index (χ4n) is 2.25. The number of amides is 1. The van der Waals surface area contributed by atoms with Crippen LogP contribution in [0.2, 0.25) is 0 Å². The van der Waals surface area contributed by atoms with Crippen LogP contribution >= 0.6 is 15.9 Å². The molecule has 0 saturated heterocycles. The first-order valence-electron chi connectivity index (χ1n) is 6.19. The summed E-state index contributed by atoms with van der Waals surface area (Å²) in [4.78, 5) is 16.3. The normalized spacial score (nSPS) is 17.5. The lowest BCUT2D eigenvalue weighted by atomic mass is 9.99. The lowest BCUT2D eigenvalue weighted by molar-refractivity contribution is -0.120. The number of hydrogen-bond donors (Lipinski definition) is 1. The Bertz CT molecular complexity index is 387. The summed E-state index contributed by atoms with van der Waals surface area (Å²) in [7, 11) is 0. The van der Waals surface area contributed by atoms with Crippen LogP contribution in [0.15, 0.2) is 22.8 Å². The van der Waals surface area contributed by atoms with Gasteiger partial charge < -0.3 is 5.32 Å². The molecular formula is C13H17BrN2O. The zero-order valence-electron chi connectivity index (χ0n) is 9.79. The van der Waals surface area contributed by atoms with Gasteiger partial charge in [-0.3, -0.25) is 4.79 Å². The van der Waals surface area contributed by atoms with Gasteiger partial charge in [-0.05, 0) is 40.9 Å². The smallest absolute Gasteiger partial charge is 0.228 e. The number of anilines is 1. The molecule has 0 bridgehead atoms. The van der Waals surface area contributed by atoms with Gasteiger partial charge in [0.1, 0.15) is 10.4 Å². The van der Waals surface area contributed by atoms with E-state index in [1.807, 2.05) is 18.2 Å². The minimum atomic E-state index is 0.123. The Kier molecular flexibility index (Phi) is 4.54. The summed E-state index contributed by atoms with van der Waals surface area (Å²) in [6, 6.07) is 5.54.